The Morgan fingerprint density at radius 1 is 1.22 bits per heavy atom. The molecule has 3 rings (SSSR count). The molecule has 0 fully saturated rings. The number of amides is 1. The van der Waals surface area contributed by atoms with Crippen molar-refractivity contribution >= 4 is 32.9 Å². The zero-order valence-electron chi connectivity index (χ0n) is 14.8. The maximum Gasteiger partial charge on any atom is 0.258 e. The lowest BCUT2D eigenvalue weighted by Gasteiger charge is -2.09. The van der Waals surface area contributed by atoms with Gasteiger partial charge in [-0.25, -0.2) is 18.1 Å². The van der Waals surface area contributed by atoms with Gasteiger partial charge in [0.1, 0.15) is 0 Å². The number of nitrogens with one attached hydrogen (secondary N) is 2. The highest BCUT2D eigenvalue weighted by Crippen LogP contribution is 2.20. The topological polar surface area (TPSA) is 93.1 Å². The molecule has 0 bridgehead atoms. The maximum absolute atomic E-state index is 12.7. The second kappa shape index (κ2) is 7.73. The Labute approximate surface area is 157 Å². The third-order valence-corrected chi connectivity index (χ3v) is 5.44. The van der Waals surface area contributed by atoms with Crippen molar-refractivity contribution in [1.82, 2.24) is 14.3 Å². The summed E-state index contributed by atoms with van der Waals surface area (Å²) in [4.78, 5) is 17.1. The lowest BCUT2D eigenvalue weighted by atomic mass is 10.2. The molecule has 1 heterocycles. The van der Waals surface area contributed by atoms with Crippen LogP contribution in [0.3, 0.4) is 0 Å². The summed E-state index contributed by atoms with van der Waals surface area (Å²) < 4.78 is 28.7. The van der Waals surface area contributed by atoms with E-state index in [1.807, 2.05) is 35.8 Å². The predicted molar refractivity (Wildman–Crippen MR) is 105 cm³/mol. The third-order valence-electron chi connectivity index (χ3n) is 4.02. The van der Waals surface area contributed by atoms with Crippen molar-refractivity contribution in [3.8, 4) is 0 Å². The Morgan fingerprint density at radius 2 is 2.00 bits per heavy atom. The van der Waals surface area contributed by atoms with Gasteiger partial charge in [0.25, 0.3) is 5.91 Å². The maximum atomic E-state index is 12.7. The molecule has 2 aromatic carbocycles. The standard InChI is InChI=1S/C19H20N4O3S/c1-3-12-20-27(25,26)15-9-7-8-14(13-15)18(24)22-19-21-16-10-5-6-11-17(16)23(19)4-2/h3,5-11,13,20H,1,4,12H2,2H3,(H,21,22,24). The molecule has 0 radical (unpaired) electrons. The Kier molecular flexibility index (Phi) is 5.38. The number of carbonyl (C=O) groups is 1. The SMILES string of the molecule is C=CCNS(=O)(=O)c1cccc(C(=O)Nc2nc3ccccc3n2CC)c1. The molecule has 8 heteroatoms. The quantitative estimate of drug-likeness (QED) is 0.613. The molecule has 0 saturated carbocycles. The van der Waals surface area contributed by atoms with Gasteiger partial charge in [-0.3, -0.25) is 10.1 Å². The average molecular weight is 384 g/mol. The number of nitrogens with zero attached hydrogens (tertiary/aromatic N) is 2. The van der Waals surface area contributed by atoms with Crippen LogP contribution in [0.15, 0.2) is 66.1 Å². The van der Waals surface area contributed by atoms with E-state index in [1.165, 1.54) is 24.3 Å². The van der Waals surface area contributed by atoms with Crippen LogP contribution in [-0.4, -0.2) is 30.4 Å². The van der Waals surface area contributed by atoms with Crippen LogP contribution < -0.4 is 10.0 Å². The van der Waals surface area contributed by atoms with E-state index >= 15 is 0 Å². The normalized spacial score (nSPS) is 11.4. The summed E-state index contributed by atoms with van der Waals surface area (Å²) in [6.07, 6.45) is 1.45. The number of benzene rings is 2. The van der Waals surface area contributed by atoms with Crippen LogP contribution in [0, 0.1) is 0 Å². The summed E-state index contributed by atoms with van der Waals surface area (Å²) >= 11 is 0. The molecule has 0 saturated heterocycles. The zero-order chi connectivity index (χ0) is 19.4. The molecular weight excluding hydrogens is 364 g/mol. The Hall–Kier alpha value is -2.97. The zero-order valence-corrected chi connectivity index (χ0v) is 15.7. The first kappa shape index (κ1) is 18.8. The molecule has 3 aromatic rings. The van der Waals surface area contributed by atoms with Crippen LogP contribution in [0.2, 0.25) is 0 Å². The predicted octanol–water partition coefficient (Wildman–Crippen LogP) is 2.77. The number of imidazole rings is 1. The number of fused-ring (bicyclic) bond motifs is 1. The Morgan fingerprint density at radius 3 is 2.74 bits per heavy atom. The lowest BCUT2D eigenvalue weighted by molar-refractivity contribution is 0.102. The Balaban J connectivity index is 1.89. The highest BCUT2D eigenvalue weighted by atomic mass is 32.2. The van der Waals surface area contributed by atoms with E-state index in [1.54, 1.807) is 6.07 Å². The number of para-hydroxylation sites is 2. The molecule has 0 aliphatic rings. The van der Waals surface area contributed by atoms with Crippen molar-refractivity contribution < 1.29 is 13.2 Å². The molecule has 27 heavy (non-hydrogen) atoms. The molecule has 7 nitrogen and oxygen atoms in total. The molecule has 0 aliphatic heterocycles. The second-order valence-electron chi connectivity index (χ2n) is 5.79. The number of sulfonamides is 1. The van der Waals surface area contributed by atoms with Gasteiger partial charge in [0.15, 0.2) is 0 Å². The van der Waals surface area contributed by atoms with Crippen molar-refractivity contribution in [3.05, 3.63) is 66.7 Å². The number of hydrogen-bond acceptors (Lipinski definition) is 4. The third kappa shape index (κ3) is 3.91. The van der Waals surface area contributed by atoms with Crippen molar-refractivity contribution in [2.45, 2.75) is 18.4 Å². The summed E-state index contributed by atoms with van der Waals surface area (Å²) in [6, 6.07) is 13.4. The smallest absolute Gasteiger partial charge is 0.258 e. The van der Waals surface area contributed by atoms with Crippen molar-refractivity contribution in [2.75, 3.05) is 11.9 Å². The van der Waals surface area contributed by atoms with Gasteiger partial charge in [-0.05, 0) is 37.3 Å². The van der Waals surface area contributed by atoms with Crippen LogP contribution in [0.25, 0.3) is 11.0 Å². The summed E-state index contributed by atoms with van der Waals surface area (Å²) in [5.74, 6) is -0.0116. The van der Waals surface area contributed by atoms with E-state index in [9.17, 15) is 13.2 Å². The summed E-state index contributed by atoms with van der Waals surface area (Å²) in [7, 11) is -3.71. The summed E-state index contributed by atoms with van der Waals surface area (Å²) in [5.41, 5.74) is 1.92. The molecule has 0 unspecified atom stereocenters. The van der Waals surface area contributed by atoms with Gasteiger partial charge >= 0.3 is 0 Å². The average Bonchev–Trinajstić information content (AvgIpc) is 3.03. The first-order chi connectivity index (χ1) is 13.0. The second-order valence-corrected chi connectivity index (χ2v) is 7.56. The molecular formula is C19H20N4O3S. The molecule has 1 amide bonds. The minimum atomic E-state index is -3.71. The van der Waals surface area contributed by atoms with Gasteiger partial charge in [0, 0.05) is 18.7 Å². The van der Waals surface area contributed by atoms with E-state index in [0.717, 1.165) is 11.0 Å². The lowest BCUT2D eigenvalue weighted by Crippen LogP contribution is -2.24. The summed E-state index contributed by atoms with van der Waals surface area (Å²) in [6.45, 7) is 6.19. The van der Waals surface area contributed by atoms with Gasteiger partial charge in [0.2, 0.25) is 16.0 Å². The van der Waals surface area contributed by atoms with Gasteiger partial charge in [-0.15, -0.1) is 6.58 Å². The van der Waals surface area contributed by atoms with Crippen molar-refractivity contribution in [3.63, 3.8) is 0 Å². The minimum absolute atomic E-state index is 0.0148. The monoisotopic (exact) mass is 384 g/mol. The van der Waals surface area contributed by atoms with Crippen LogP contribution in [-0.2, 0) is 16.6 Å². The van der Waals surface area contributed by atoms with Crippen molar-refractivity contribution in [1.29, 1.82) is 0 Å². The fraction of sp³-hybridized carbons (Fsp3) is 0.158. The number of carbonyl (C=O) groups excluding carboxylic acids is 1. The van der Waals surface area contributed by atoms with Crippen LogP contribution in [0.1, 0.15) is 17.3 Å². The van der Waals surface area contributed by atoms with Gasteiger partial charge in [0.05, 0.1) is 15.9 Å². The number of aromatic nitrogens is 2. The van der Waals surface area contributed by atoms with Crippen LogP contribution in [0.5, 0.6) is 0 Å². The molecule has 2 N–H and O–H groups in total. The van der Waals surface area contributed by atoms with Crippen LogP contribution in [0.4, 0.5) is 5.95 Å². The number of hydrogen-bond donors (Lipinski definition) is 2. The molecule has 1 aromatic heterocycles. The summed E-state index contributed by atoms with van der Waals surface area (Å²) in [5, 5.41) is 2.77. The largest absolute Gasteiger partial charge is 0.310 e. The number of aryl methyl sites for hydroxylation is 1. The van der Waals surface area contributed by atoms with E-state index in [4.69, 9.17) is 0 Å². The van der Waals surface area contributed by atoms with E-state index < -0.39 is 15.9 Å². The van der Waals surface area contributed by atoms with Gasteiger partial charge in [-0.1, -0.05) is 24.3 Å². The van der Waals surface area contributed by atoms with Crippen LogP contribution >= 0.6 is 0 Å². The fourth-order valence-electron chi connectivity index (χ4n) is 2.72. The first-order valence-corrected chi connectivity index (χ1v) is 9.92. The first-order valence-electron chi connectivity index (χ1n) is 8.43. The van der Waals surface area contributed by atoms with Gasteiger partial charge < -0.3 is 4.57 Å². The highest BCUT2D eigenvalue weighted by Gasteiger charge is 2.17. The van der Waals surface area contributed by atoms with E-state index in [2.05, 4.69) is 21.6 Å². The number of rotatable bonds is 7. The van der Waals surface area contributed by atoms with E-state index in [0.29, 0.717) is 12.5 Å². The molecule has 140 valence electrons. The molecule has 0 aliphatic carbocycles. The fourth-order valence-corrected chi connectivity index (χ4v) is 3.76. The number of anilines is 1. The van der Waals surface area contributed by atoms with Crippen molar-refractivity contribution in [2.24, 2.45) is 0 Å². The molecule has 0 atom stereocenters. The Bertz CT molecular complexity index is 1100. The van der Waals surface area contributed by atoms with Gasteiger partial charge in [-0.2, -0.15) is 0 Å². The highest BCUT2D eigenvalue weighted by molar-refractivity contribution is 7.89. The molecule has 0 spiro atoms. The minimum Gasteiger partial charge on any atom is -0.310 e. The van der Waals surface area contributed by atoms with E-state index in [-0.39, 0.29) is 17.0 Å².